The van der Waals surface area contributed by atoms with Crippen LogP contribution in [0, 0.1) is 5.92 Å². The molecular weight excluding hydrogens is 445 g/mol. The maximum Gasteiger partial charge on any atom is 0.416 e. The van der Waals surface area contributed by atoms with E-state index < -0.39 is 17.8 Å². The number of benzene rings is 2. The summed E-state index contributed by atoms with van der Waals surface area (Å²) in [4.78, 5) is 29.1. The minimum absolute atomic E-state index is 0.0458. The summed E-state index contributed by atoms with van der Waals surface area (Å²) in [7, 11) is 3.81. The molecule has 34 heavy (non-hydrogen) atoms. The van der Waals surface area contributed by atoms with Crippen LogP contribution < -0.4 is 15.5 Å². The van der Waals surface area contributed by atoms with Crippen LogP contribution in [0.1, 0.15) is 45.2 Å². The quantitative estimate of drug-likeness (QED) is 0.475. The number of alkyl halides is 3. The highest BCUT2D eigenvalue weighted by molar-refractivity contribution is 6.00. The Morgan fingerprint density at radius 1 is 0.941 bits per heavy atom. The molecule has 0 bridgehead atoms. The van der Waals surface area contributed by atoms with Gasteiger partial charge in [0.1, 0.15) is 0 Å². The minimum Gasteiger partial charge on any atom is -0.377 e. The first kappa shape index (κ1) is 27.0. The van der Waals surface area contributed by atoms with Crippen molar-refractivity contribution in [2.75, 3.05) is 29.6 Å². The second-order valence-corrected chi connectivity index (χ2v) is 8.77. The standard InChI is InChI=1S/C25H33F3N4O2/c1-7-17(4)32(23(33)16(2)3)15-18-14-21(12-13-22(18)31(5)6)30-24(34)29-20-10-8-19(9-11-20)25(26,27)28/h8-14,16-17H,7,15H2,1-6H3,(H2,29,30,34). The highest BCUT2D eigenvalue weighted by Crippen LogP contribution is 2.30. The number of halogens is 3. The number of amides is 3. The lowest BCUT2D eigenvalue weighted by Crippen LogP contribution is -2.40. The van der Waals surface area contributed by atoms with E-state index in [0.717, 1.165) is 29.8 Å². The first-order valence-corrected chi connectivity index (χ1v) is 11.2. The molecule has 6 nitrogen and oxygen atoms in total. The van der Waals surface area contributed by atoms with Crippen molar-refractivity contribution < 1.29 is 22.8 Å². The lowest BCUT2D eigenvalue weighted by Gasteiger charge is -2.32. The molecule has 0 saturated carbocycles. The number of rotatable bonds is 8. The zero-order valence-corrected chi connectivity index (χ0v) is 20.5. The van der Waals surface area contributed by atoms with Gasteiger partial charge in [-0.05, 0) is 61.4 Å². The summed E-state index contributed by atoms with van der Waals surface area (Å²) in [6, 6.07) is 9.09. The van der Waals surface area contributed by atoms with E-state index in [1.54, 1.807) is 6.07 Å². The lowest BCUT2D eigenvalue weighted by atomic mass is 10.1. The predicted molar refractivity (Wildman–Crippen MR) is 130 cm³/mol. The average Bonchev–Trinajstić information content (AvgIpc) is 2.76. The number of carbonyl (C=O) groups is 2. The number of hydrogen-bond donors (Lipinski definition) is 2. The normalized spacial score (nSPS) is 12.3. The molecule has 0 aliphatic carbocycles. The van der Waals surface area contributed by atoms with Crippen LogP contribution in [0.4, 0.5) is 35.0 Å². The largest absolute Gasteiger partial charge is 0.416 e. The molecule has 1 atom stereocenters. The van der Waals surface area contributed by atoms with Crippen LogP contribution in [-0.2, 0) is 17.5 Å². The predicted octanol–water partition coefficient (Wildman–Crippen LogP) is 6.20. The Hall–Kier alpha value is -3.23. The van der Waals surface area contributed by atoms with Gasteiger partial charge in [0, 0.05) is 49.7 Å². The zero-order chi connectivity index (χ0) is 25.6. The molecule has 0 fully saturated rings. The Bertz CT molecular complexity index is 989. The maximum atomic E-state index is 12.8. The van der Waals surface area contributed by atoms with E-state index in [2.05, 4.69) is 10.6 Å². The van der Waals surface area contributed by atoms with Gasteiger partial charge in [-0.2, -0.15) is 13.2 Å². The summed E-state index contributed by atoms with van der Waals surface area (Å²) in [6.07, 6.45) is -3.63. The van der Waals surface area contributed by atoms with Gasteiger partial charge in [0.05, 0.1) is 5.56 Å². The highest BCUT2D eigenvalue weighted by Gasteiger charge is 2.30. The third-order valence-electron chi connectivity index (χ3n) is 5.53. The van der Waals surface area contributed by atoms with Crippen molar-refractivity contribution in [1.29, 1.82) is 0 Å². The summed E-state index contributed by atoms with van der Waals surface area (Å²) in [6.45, 7) is 8.16. The number of hydrogen-bond acceptors (Lipinski definition) is 3. The fourth-order valence-electron chi connectivity index (χ4n) is 3.45. The topological polar surface area (TPSA) is 64.7 Å². The Morgan fingerprint density at radius 2 is 1.50 bits per heavy atom. The van der Waals surface area contributed by atoms with Gasteiger partial charge < -0.3 is 20.4 Å². The monoisotopic (exact) mass is 478 g/mol. The first-order chi connectivity index (χ1) is 15.8. The van der Waals surface area contributed by atoms with Crippen molar-refractivity contribution in [3.63, 3.8) is 0 Å². The van der Waals surface area contributed by atoms with Crippen LogP contribution in [-0.4, -0.2) is 37.0 Å². The summed E-state index contributed by atoms with van der Waals surface area (Å²) in [5.41, 5.74) is 1.74. The lowest BCUT2D eigenvalue weighted by molar-refractivity contribution is -0.138. The van der Waals surface area contributed by atoms with Crippen molar-refractivity contribution in [2.45, 2.75) is 52.9 Å². The molecule has 0 aliphatic heterocycles. The summed E-state index contributed by atoms with van der Waals surface area (Å²) in [5.74, 6) is -0.0925. The van der Waals surface area contributed by atoms with E-state index in [4.69, 9.17) is 0 Å². The van der Waals surface area contributed by atoms with E-state index in [0.29, 0.717) is 12.2 Å². The molecule has 0 saturated heterocycles. The van der Waals surface area contributed by atoms with Gasteiger partial charge in [0.2, 0.25) is 5.91 Å². The third kappa shape index (κ3) is 7.13. The van der Waals surface area contributed by atoms with Gasteiger partial charge in [-0.3, -0.25) is 4.79 Å². The van der Waals surface area contributed by atoms with Crippen LogP contribution in [0.2, 0.25) is 0 Å². The number of anilines is 3. The summed E-state index contributed by atoms with van der Waals surface area (Å²) < 4.78 is 38.2. The molecule has 2 aromatic rings. The van der Waals surface area contributed by atoms with Crippen molar-refractivity contribution in [3.8, 4) is 0 Å². The Labute approximate surface area is 199 Å². The van der Waals surface area contributed by atoms with E-state index in [1.165, 1.54) is 12.1 Å². The molecular formula is C25H33F3N4O2. The van der Waals surface area contributed by atoms with Crippen LogP contribution in [0.5, 0.6) is 0 Å². The van der Waals surface area contributed by atoms with Gasteiger partial charge in [0.25, 0.3) is 0 Å². The fraction of sp³-hybridized carbons (Fsp3) is 0.440. The van der Waals surface area contributed by atoms with E-state index in [1.807, 2.05) is 63.7 Å². The molecule has 9 heteroatoms. The first-order valence-electron chi connectivity index (χ1n) is 11.2. The van der Waals surface area contributed by atoms with E-state index >= 15 is 0 Å². The average molecular weight is 479 g/mol. The smallest absolute Gasteiger partial charge is 0.377 e. The molecule has 2 rings (SSSR count). The van der Waals surface area contributed by atoms with Crippen LogP contribution in [0.3, 0.4) is 0 Å². The fourth-order valence-corrected chi connectivity index (χ4v) is 3.45. The SMILES string of the molecule is CCC(C)N(Cc1cc(NC(=O)Nc2ccc(C(F)(F)F)cc2)ccc1N(C)C)C(=O)C(C)C. The highest BCUT2D eigenvalue weighted by atomic mass is 19.4. The molecule has 1 unspecified atom stereocenters. The van der Waals surface area contributed by atoms with Crippen LogP contribution in [0.25, 0.3) is 0 Å². The molecule has 186 valence electrons. The molecule has 3 amide bonds. The van der Waals surface area contributed by atoms with Gasteiger partial charge in [-0.25, -0.2) is 4.79 Å². The molecule has 2 aromatic carbocycles. The van der Waals surface area contributed by atoms with E-state index in [-0.39, 0.29) is 23.6 Å². The maximum absolute atomic E-state index is 12.8. The van der Waals surface area contributed by atoms with E-state index in [9.17, 15) is 22.8 Å². The van der Waals surface area contributed by atoms with Crippen molar-refractivity contribution in [2.24, 2.45) is 5.92 Å². The number of urea groups is 1. The number of nitrogens with one attached hydrogen (secondary N) is 2. The third-order valence-corrected chi connectivity index (χ3v) is 5.53. The van der Waals surface area contributed by atoms with Gasteiger partial charge >= 0.3 is 12.2 Å². The molecule has 0 aromatic heterocycles. The second kappa shape index (κ2) is 11.3. The van der Waals surface area contributed by atoms with Crippen LogP contribution >= 0.6 is 0 Å². The van der Waals surface area contributed by atoms with Crippen molar-refractivity contribution in [3.05, 3.63) is 53.6 Å². The Kier molecular flexibility index (Phi) is 8.95. The van der Waals surface area contributed by atoms with Gasteiger partial charge in [0.15, 0.2) is 0 Å². The number of nitrogens with zero attached hydrogens (tertiary/aromatic N) is 2. The second-order valence-electron chi connectivity index (χ2n) is 8.77. The molecule has 0 aliphatic rings. The zero-order valence-electron chi connectivity index (χ0n) is 20.5. The number of carbonyl (C=O) groups excluding carboxylic acids is 2. The summed E-state index contributed by atoms with van der Waals surface area (Å²) in [5, 5.41) is 5.25. The molecule has 0 radical (unpaired) electrons. The Morgan fingerprint density at radius 3 is 2.00 bits per heavy atom. The van der Waals surface area contributed by atoms with Crippen molar-refractivity contribution >= 4 is 29.0 Å². The molecule has 0 heterocycles. The Balaban J connectivity index is 2.22. The summed E-state index contributed by atoms with van der Waals surface area (Å²) >= 11 is 0. The minimum atomic E-state index is -4.44. The van der Waals surface area contributed by atoms with Gasteiger partial charge in [-0.15, -0.1) is 0 Å². The van der Waals surface area contributed by atoms with Crippen LogP contribution in [0.15, 0.2) is 42.5 Å². The molecule has 0 spiro atoms. The molecule has 2 N–H and O–H groups in total. The van der Waals surface area contributed by atoms with Crippen molar-refractivity contribution in [1.82, 2.24) is 4.90 Å². The van der Waals surface area contributed by atoms with Gasteiger partial charge in [-0.1, -0.05) is 20.8 Å².